The summed E-state index contributed by atoms with van der Waals surface area (Å²) < 4.78 is 0. The van der Waals surface area contributed by atoms with Crippen molar-refractivity contribution in [1.82, 2.24) is 0 Å². The summed E-state index contributed by atoms with van der Waals surface area (Å²) in [6.07, 6.45) is -0.104. The molecular weight excluding hydrogens is 176 g/mol. The molecule has 1 aromatic carbocycles. The van der Waals surface area contributed by atoms with E-state index in [-0.39, 0.29) is 6.42 Å². The number of rotatable bonds is 1. The van der Waals surface area contributed by atoms with Gasteiger partial charge in [0.2, 0.25) is 0 Å². The Morgan fingerprint density at radius 3 is 2.36 bits per heavy atom. The molecule has 2 nitrogen and oxygen atoms in total. The lowest BCUT2D eigenvalue weighted by atomic mass is 10.1. The number of aryl methyl sites for hydroxylation is 2. The number of hydrogen-bond donors (Lipinski definition) is 1. The van der Waals surface area contributed by atoms with Crippen LogP contribution < -0.4 is 0 Å². The summed E-state index contributed by atoms with van der Waals surface area (Å²) in [5, 5.41) is 8.40. The van der Waals surface area contributed by atoms with Crippen LogP contribution in [0.15, 0.2) is 18.2 Å². The number of benzene rings is 1. The third-order valence-corrected chi connectivity index (χ3v) is 1.69. The van der Waals surface area contributed by atoms with E-state index in [0.29, 0.717) is 0 Å². The van der Waals surface area contributed by atoms with Gasteiger partial charge in [0.25, 0.3) is 0 Å². The Bertz CT molecular complexity index is 388. The Hall–Kier alpha value is -1.75. The van der Waals surface area contributed by atoms with Gasteiger partial charge < -0.3 is 5.11 Å². The fourth-order valence-electron chi connectivity index (χ4n) is 1.27. The van der Waals surface area contributed by atoms with Gasteiger partial charge in [0.15, 0.2) is 0 Å². The zero-order valence-electron chi connectivity index (χ0n) is 8.29. The molecule has 14 heavy (non-hydrogen) atoms. The van der Waals surface area contributed by atoms with Gasteiger partial charge in [-0.1, -0.05) is 17.9 Å². The van der Waals surface area contributed by atoms with Crippen molar-refractivity contribution >= 4 is 5.97 Å². The molecule has 0 spiro atoms. The first-order valence-corrected chi connectivity index (χ1v) is 4.37. The SMILES string of the molecule is Cc1cc(C)cc(C#CCC(=O)O)c1. The van der Waals surface area contributed by atoms with E-state index in [9.17, 15) is 4.79 Å². The molecule has 0 bridgehead atoms. The molecule has 0 radical (unpaired) electrons. The van der Waals surface area contributed by atoms with Crippen LogP contribution >= 0.6 is 0 Å². The minimum Gasteiger partial charge on any atom is -0.481 e. The first-order valence-electron chi connectivity index (χ1n) is 4.37. The minimum absolute atomic E-state index is 0.104. The Morgan fingerprint density at radius 1 is 1.29 bits per heavy atom. The van der Waals surface area contributed by atoms with Crippen molar-refractivity contribution in [3.05, 3.63) is 34.9 Å². The maximum Gasteiger partial charge on any atom is 0.315 e. The molecule has 1 aromatic rings. The van der Waals surface area contributed by atoms with Gasteiger partial charge in [-0.2, -0.15) is 0 Å². The van der Waals surface area contributed by atoms with Crippen LogP contribution in [0.2, 0.25) is 0 Å². The van der Waals surface area contributed by atoms with Crippen LogP contribution in [0.5, 0.6) is 0 Å². The van der Waals surface area contributed by atoms with Crippen molar-refractivity contribution in [2.24, 2.45) is 0 Å². The molecule has 1 rings (SSSR count). The van der Waals surface area contributed by atoms with E-state index in [1.54, 1.807) is 0 Å². The van der Waals surface area contributed by atoms with Crippen molar-refractivity contribution in [3.8, 4) is 11.8 Å². The number of hydrogen-bond acceptors (Lipinski definition) is 1. The van der Waals surface area contributed by atoms with Gasteiger partial charge in [-0.15, -0.1) is 0 Å². The van der Waals surface area contributed by atoms with Gasteiger partial charge in [-0.25, -0.2) is 0 Å². The fourth-order valence-corrected chi connectivity index (χ4v) is 1.27. The van der Waals surface area contributed by atoms with Gasteiger partial charge in [0.05, 0.1) is 0 Å². The maximum absolute atomic E-state index is 10.2. The van der Waals surface area contributed by atoms with Gasteiger partial charge in [-0.3, -0.25) is 4.79 Å². The molecule has 0 aromatic heterocycles. The van der Waals surface area contributed by atoms with Crippen LogP contribution in [-0.4, -0.2) is 11.1 Å². The lowest BCUT2D eigenvalue weighted by molar-refractivity contribution is -0.135. The first kappa shape index (κ1) is 10.3. The van der Waals surface area contributed by atoms with Crippen LogP contribution in [0.25, 0.3) is 0 Å². The molecule has 1 N–H and O–H groups in total. The van der Waals surface area contributed by atoms with Crippen molar-refractivity contribution in [2.45, 2.75) is 20.3 Å². The van der Waals surface area contributed by atoms with Crippen molar-refractivity contribution in [2.75, 3.05) is 0 Å². The van der Waals surface area contributed by atoms with Crippen LogP contribution in [-0.2, 0) is 4.79 Å². The third-order valence-electron chi connectivity index (χ3n) is 1.69. The lowest BCUT2D eigenvalue weighted by Gasteiger charge is -1.97. The van der Waals surface area contributed by atoms with Gasteiger partial charge in [0.1, 0.15) is 6.42 Å². The Balaban J connectivity index is 2.84. The van der Waals surface area contributed by atoms with Crippen LogP contribution in [0.1, 0.15) is 23.1 Å². The number of aliphatic carboxylic acids is 1. The molecule has 0 atom stereocenters. The highest BCUT2D eigenvalue weighted by Gasteiger charge is 1.92. The Labute approximate surface area is 83.6 Å². The Kier molecular flexibility index (Phi) is 3.30. The van der Waals surface area contributed by atoms with E-state index >= 15 is 0 Å². The van der Waals surface area contributed by atoms with Gasteiger partial charge in [0, 0.05) is 5.56 Å². The molecule has 2 heteroatoms. The highest BCUT2D eigenvalue weighted by atomic mass is 16.4. The predicted molar refractivity (Wildman–Crippen MR) is 55.0 cm³/mol. The summed E-state index contributed by atoms with van der Waals surface area (Å²) in [5.74, 6) is 4.55. The molecule has 0 amide bonds. The number of carboxylic acids is 1. The summed E-state index contributed by atoms with van der Waals surface area (Å²) in [7, 11) is 0. The van der Waals surface area contributed by atoms with E-state index in [1.165, 1.54) is 0 Å². The quantitative estimate of drug-likeness (QED) is 0.685. The molecule has 0 aliphatic carbocycles. The summed E-state index contributed by atoms with van der Waals surface area (Å²) in [5.41, 5.74) is 3.16. The molecule has 72 valence electrons. The first-order chi connectivity index (χ1) is 6.58. The molecule has 0 saturated heterocycles. The van der Waals surface area contributed by atoms with Crippen LogP contribution in [0.3, 0.4) is 0 Å². The lowest BCUT2D eigenvalue weighted by Crippen LogP contribution is -1.90. The molecule has 0 heterocycles. The number of carbonyl (C=O) groups is 1. The second kappa shape index (κ2) is 4.48. The summed E-state index contributed by atoms with van der Waals surface area (Å²) in [6, 6.07) is 5.95. The van der Waals surface area contributed by atoms with Crippen molar-refractivity contribution in [3.63, 3.8) is 0 Å². The molecule has 0 saturated carbocycles. The molecular formula is C12H12O2. The predicted octanol–water partition coefficient (Wildman–Crippen LogP) is 2.13. The number of carboxylic acid groups (broad SMARTS) is 1. The zero-order chi connectivity index (χ0) is 10.6. The topological polar surface area (TPSA) is 37.3 Å². The average Bonchev–Trinajstić information content (AvgIpc) is 2.01. The van der Waals surface area contributed by atoms with Crippen LogP contribution in [0.4, 0.5) is 0 Å². The molecule has 0 unspecified atom stereocenters. The van der Waals surface area contributed by atoms with E-state index in [2.05, 4.69) is 17.9 Å². The van der Waals surface area contributed by atoms with Gasteiger partial charge >= 0.3 is 5.97 Å². The molecule has 0 aliphatic heterocycles. The van der Waals surface area contributed by atoms with E-state index in [4.69, 9.17) is 5.11 Å². The third kappa shape index (κ3) is 3.32. The zero-order valence-corrected chi connectivity index (χ0v) is 8.29. The smallest absolute Gasteiger partial charge is 0.315 e. The van der Waals surface area contributed by atoms with E-state index < -0.39 is 5.97 Å². The summed E-state index contributed by atoms with van der Waals surface area (Å²) >= 11 is 0. The van der Waals surface area contributed by atoms with Crippen molar-refractivity contribution < 1.29 is 9.90 Å². The fraction of sp³-hybridized carbons (Fsp3) is 0.250. The second-order valence-electron chi connectivity index (χ2n) is 3.25. The molecule has 0 aliphatic rings. The largest absolute Gasteiger partial charge is 0.481 e. The second-order valence-corrected chi connectivity index (χ2v) is 3.25. The standard InChI is InChI=1S/C12H12O2/c1-9-6-10(2)8-11(7-9)4-3-5-12(13)14/h6-8H,5H2,1-2H3,(H,13,14). The summed E-state index contributed by atoms with van der Waals surface area (Å²) in [6.45, 7) is 3.99. The van der Waals surface area contributed by atoms with E-state index in [1.807, 2.05) is 26.0 Å². The Morgan fingerprint density at radius 2 is 1.86 bits per heavy atom. The normalized spacial score (nSPS) is 9.00. The van der Waals surface area contributed by atoms with Crippen molar-refractivity contribution in [1.29, 1.82) is 0 Å². The molecule has 0 fully saturated rings. The van der Waals surface area contributed by atoms with Gasteiger partial charge in [-0.05, 0) is 37.1 Å². The van der Waals surface area contributed by atoms with Crippen LogP contribution in [0, 0.1) is 25.7 Å². The summed E-state index contributed by atoms with van der Waals surface area (Å²) in [4.78, 5) is 10.2. The van der Waals surface area contributed by atoms with E-state index in [0.717, 1.165) is 16.7 Å². The minimum atomic E-state index is -0.887. The highest BCUT2D eigenvalue weighted by Crippen LogP contribution is 2.07. The highest BCUT2D eigenvalue weighted by molar-refractivity contribution is 5.70. The monoisotopic (exact) mass is 188 g/mol. The average molecular weight is 188 g/mol. The maximum atomic E-state index is 10.2.